The minimum atomic E-state index is -0.260. The van der Waals surface area contributed by atoms with Crippen LogP contribution in [0.3, 0.4) is 0 Å². The van der Waals surface area contributed by atoms with E-state index in [0.717, 1.165) is 24.2 Å². The number of para-hydroxylation sites is 1. The van der Waals surface area contributed by atoms with E-state index in [1.807, 2.05) is 29.2 Å². The third-order valence-electron chi connectivity index (χ3n) is 5.10. The molecule has 0 aliphatic carbocycles. The Hall–Kier alpha value is -2.80. The Kier molecular flexibility index (Phi) is 7.30. The molecule has 2 aromatic rings. The predicted molar refractivity (Wildman–Crippen MR) is 107 cm³/mol. The molecule has 1 atom stereocenters. The Morgan fingerprint density at radius 2 is 2.07 bits per heavy atom. The van der Waals surface area contributed by atoms with Crippen molar-refractivity contribution in [3.8, 4) is 5.75 Å². The Morgan fingerprint density at radius 3 is 2.79 bits per heavy atom. The van der Waals surface area contributed by atoms with Gasteiger partial charge in [0.15, 0.2) is 0 Å². The standard InChI is InChI=1S/C22H28N2O5/c1-2-28-22(27)18-8-5-11-24(14-18)21(26)16-23(15-19-9-6-12-29-19)13-17-7-3-4-10-20(17)25/h3-4,6-7,9-10,12,18,25H,2,5,8,11,13-16H2,1H3. The van der Waals surface area contributed by atoms with Crippen LogP contribution in [0.25, 0.3) is 0 Å². The summed E-state index contributed by atoms with van der Waals surface area (Å²) in [6, 6.07) is 10.8. The number of benzene rings is 1. The maximum Gasteiger partial charge on any atom is 0.310 e. The number of rotatable bonds is 8. The van der Waals surface area contributed by atoms with E-state index in [2.05, 4.69) is 0 Å². The van der Waals surface area contributed by atoms with Gasteiger partial charge in [-0.2, -0.15) is 0 Å². The lowest BCUT2D eigenvalue weighted by atomic mass is 9.98. The Morgan fingerprint density at radius 1 is 1.24 bits per heavy atom. The van der Waals surface area contributed by atoms with Crippen LogP contribution in [0, 0.1) is 5.92 Å². The van der Waals surface area contributed by atoms with Crippen LogP contribution >= 0.6 is 0 Å². The molecule has 1 amide bonds. The van der Waals surface area contributed by atoms with Gasteiger partial charge in [0.05, 0.1) is 31.9 Å². The largest absolute Gasteiger partial charge is 0.508 e. The molecule has 1 aliphatic rings. The Labute approximate surface area is 170 Å². The summed E-state index contributed by atoms with van der Waals surface area (Å²) < 4.78 is 10.6. The third kappa shape index (κ3) is 5.84. The van der Waals surface area contributed by atoms with E-state index in [1.54, 1.807) is 30.2 Å². The number of hydrogen-bond donors (Lipinski definition) is 1. The highest BCUT2D eigenvalue weighted by Crippen LogP contribution is 2.21. The van der Waals surface area contributed by atoms with Crippen molar-refractivity contribution in [1.29, 1.82) is 0 Å². The minimum absolute atomic E-state index is 0.0408. The van der Waals surface area contributed by atoms with Crippen molar-refractivity contribution in [2.24, 2.45) is 5.92 Å². The number of carbonyl (C=O) groups excluding carboxylic acids is 2. The second kappa shape index (κ2) is 10.1. The summed E-state index contributed by atoms with van der Waals surface area (Å²) in [6.45, 7) is 4.19. The van der Waals surface area contributed by atoms with Gasteiger partial charge in [0.1, 0.15) is 11.5 Å². The maximum atomic E-state index is 13.0. The van der Waals surface area contributed by atoms with Crippen LogP contribution in [-0.4, -0.2) is 53.0 Å². The zero-order valence-electron chi connectivity index (χ0n) is 16.8. The lowest BCUT2D eigenvalue weighted by Crippen LogP contribution is -2.46. The van der Waals surface area contributed by atoms with E-state index in [1.165, 1.54) is 0 Å². The summed E-state index contributed by atoms with van der Waals surface area (Å²) in [6.07, 6.45) is 3.13. The normalized spacial score (nSPS) is 16.8. The summed E-state index contributed by atoms with van der Waals surface area (Å²) >= 11 is 0. The number of aromatic hydroxyl groups is 1. The lowest BCUT2D eigenvalue weighted by Gasteiger charge is -2.33. The lowest BCUT2D eigenvalue weighted by molar-refractivity contribution is -0.151. The molecule has 7 nitrogen and oxygen atoms in total. The highest BCUT2D eigenvalue weighted by Gasteiger charge is 2.30. The van der Waals surface area contributed by atoms with Gasteiger partial charge in [0.2, 0.25) is 5.91 Å². The van der Waals surface area contributed by atoms with E-state index < -0.39 is 0 Å². The molecular formula is C22H28N2O5. The second-order valence-corrected chi connectivity index (χ2v) is 7.28. The number of hydrogen-bond acceptors (Lipinski definition) is 6. The van der Waals surface area contributed by atoms with E-state index in [0.29, 0.717) is 32.8 Å². The molecule has 1 unspecified atom stereocenters. The number of ether oxygens (including phenoxy) is 1. The Bertz CT molecular complexity index is 805. The molecular weight excluding hydrogens is 372 g/mol. The van der Waals surface area contributed by atoms with Crippen molar-refractivity contribution in [2.75, 3.05) is 26.2 Å². The van der Waals surface area contributed by atoms with E-state index in [9.17, 15) is 14.7 Å². The molecule has 1 aromatic carbocycles. The van der Waals surface area contributed by atoms with Gasteiger partial charge in [-0.3, -0.25) is 14.5 Å². The van der Waals surface area contributed by atoms with Crippen molar-refractivity contribution < 1.29 is 23.8 Å². The van der Waals surface area contributed by atoms with Gasteiger partial charge < -0.3 is 19.2 Å². The molecule has 156 valence electrons. The van der Waals surface area contributed by atoms with E-state index >= 15 is 0 Å². The number of phenols is 1. The van der Waals surface area contributed by atoms with Crippen molar-refractivity contribution in [1.82, 2.24) is 9.80 Å². The average molecular weight is 400 g/mol. The van der Waals surface area contributed by atoms with Crippen LogP contribution in [0.5, 0.6) is 5.75 Å². The molecule has 1 N–H and O–H groups in total. The van der Waals surface area contributed by atoms with E-state index in [4.69, 9.17) is 9.15 Å². The number of esters is 1. The molecule has 0 saturated carbocycles. The van der Waals surface area contributed by atoms with Crippen molar-refractivity contribution in [2.45, 2.75) is 32.9 Å². The summed E-state index contributed by atoms with van der Waals surface area (Å²) in [5.74, 6) is 0.415. The summed E-state index contributed by atoms with van der Waals surface area (Å²) in [7, 11) is 0. The third-order valence-corrected chi connectivity index (χ3v) is 5.10. The van der Waals surface area contributed by atoms with Crippen LogP contribution in [0.2, 0.25) is 0 Å². The topological polar surface area (TPSA) is 83.2 Å². The van der Waals surface area contributed by atoms with Crippen LogP contribution in [0.1, 0.15) is 31.1 Å². The molecule has 0 radical (unpaired) electrons. The second-order valence-electron chi connectivity index (χ2n) is 7.28. The quantitative estimate of drug-likeness (QED) is 0.686. The van der Waals surface area contributed by atoms with E-state index in [-0.39, 0.29) is 30.1 Å². The number of piperidine rings is 1. The first kappa shape index (κ1) is 20.9. The fraction of sp³-hybridized carbons (Fsp3) is 0.455. The number of phenolic OH excluding ortho intramolecular Hbond substituents is 1. The highest BCUT2D eigenvalue weighted by atomic mass is 16.5. The molecule has 1 saturated heterocycles. The number of nitrogens with zero attached hydrogens (tertiary/aromatic N) is 2. The monoisotopic (exact) mass is 400 g/mol. The number of carbonyl (C=O) groups is 2. The zero-order chi connectivity index (χ0) is 20.6. The van der Waals surface area contributed by atoms with Crippen LogP contribution in [-0.2, 0) is 27.4 Å². The smallest absolute Gasteiger partial charge is 0.310 e. The predicted octanol–water partition coefficient (Wildman–Crippen LogP) is 2.79. The fourth-order valence-corrected chi connectivity index (χ4v) is 3.62. The molecule has 7 heteroatoms. The number of furan rings is 1. The molecule has 3 rings (SSSR count). The Balaban J connectivity index is 1.67. The fourth-order valence-electron chi connectivity index (χ4n) is 3.62. The van der Waals surface area contributed by atoms with Gasteiger partial charge in [0.25, 0.3) is 0 Å². The van der Waals surface area contributed by atoms with Crippen molar-refractivity contribution in [3.05, 3.63) is 54.0 Å². The first-order chi connectivity index (χ1) is 14.1. The maximum absolute atomic E-state index is 13.0. The van der Waals surface area contributed by atoms with Gasteiger partial charge in [0, 0.05) is 25.2 Å². The van der Waals surface area contributed by atoms with Gasteiger partial charge in [-0.05, 0) is 38.0 Å². The molecule has 29 heavy (non-hydrogen) atoms. The summed E-state index contributed by atoms with van der Waals surface area (Å²) in [4.78, 5) is 28.7. The highest BCUT2D eigenvalue weighted by molar-refractivity contribution is 5.80. The molecule has 1 aromatic heterocycles. The van der Waals surface area contributed by atoms with Crippen molar-refractivity contribution in [3.63, 3.8) is 0 Å². The van der Waals surface area contributed by atoms with Gasteiger partial charge in [-0.15, -0.1) is 0 Å². The minimum Gasteiger partial charge on any atom is -0.508 e. The first-order valence-electron chi connectivity index (χ1n) is 10.0. The van der Waals surface area contributed by atoms with Gasteiger partial charge >= 0.3 is 5.97 Å². The van der Waals surface area contributed by atoms with Crippen LogP contribution in [0.4, 0.5) is 0 Å². The van der Waals surface area contributed by atoms with Gasteiger partial charge in [-0.1, -0.05) is 18.2 Å². The van der Waals surface area contributed by atoms with Crippen molar-refractivity contribution >= 4 is 11.9 Å². The summed E-state index contributed by atoms with van der Waals surface area (Å²) in [5.41, 5.74) is 0.745. The average Bonchev–Trinajstić information content (AvgIpc) is 3.23. The number of amides is 1. The molecule has 0 bridgehead atoms. The molecule has 0 spiro atoms. The van der Waals surface area contributed by atoms with Gasteiger partial charge in [-0.25, -0.2) is 0 Å². The number of likely N-dealkylation sites (tertiary alicyclic amines) is 1. The molecule has 2 heterocycles. The van der Waals surface area contributed by atoms with Crippen LogP contribution < -0.4 is 0 Å². The summed E-state index contributed by atoms with van der Waals surface area (Å²) in [5, 5.41) is 10.1. The molecule has 1 aliphatic heterocycles. The first-order valence-corrected chi connectivity index (χ1v) is 10.0. The zero-order valence-corrected chi connectivity index (χ0v) is 16.8. The molecule has 1 fully saturated rings. The van der Waals surface area contributed by atoms with Crippen LogP contribution in [0.15, 0.2) is 47.1 Å². The SMILES string of the molecule is CCOC(=O)C1CCCN(C(=O)CN(Cc2ccco2)Cc2ccccc2O)C1.